The number of carbonyl (C=O) groups excluding carboxylic acids is 2. The van der Waals surface area contributed by atoms with E-state index in [9.17, 15) is 14.7 Å². The second-order valence-electron chi connectivity index (χ2n) is 4.62. The van der Waals surface area contributed by atoms with Gasteiger partial charge in [0.2, 0.25) is 0 Å². The van der Waals surface area contributed by atoms with E-state index in [2.05, 4.69) is 31.9 Å². The quantitative estimate of drug-likeness (QED) is 0.676. The van der Waals surface area contributed by atoms with E-state index in [-0.39, 0.29) is 17.3 Å². The summed E-state index contributed by atoms with van der Waals surface area (Å²) < 4.78 is 6.71. The van der Waals surface area contributed by atoms with Gasteiger partial charge >= 0.3 is 0 Å². The van der Waals surface area contributed by atoms with Crippen molar-refractivity contribution in [3.05, 3.63) is 56.5 Å². The molecule has 0 atom stereocenters. The Morgan fingerprint density at radius 3 is 1.83 bits per heavy atom. The molecule has 0 fully saturated rings. The maximum Gasteiger partial charge on any atom is 0.163 e. The van der Waals surface area contributed by atoms with E-state index in [0.29, 0.717) is 16.9 Å². The van der Waals surface area contributed by atoms with Crippen LogP contribution in [0.15, 0.2) is 45.3 Å². The third-order valence-corrected chi connectivity index (χ3v) is 3.87. The van der Waals surface area contributed by atoms with Gasteiger partial charge in [0.1, 0.15) is 11.5 Å². The lowest BCUT2D eigenvalue weighted by Crippen LogP contribution is -1.96. The number of ether oxygens (including phenoxy) is 1. The SMILES string of the molecule is CC(=O)c1ccc(Br)cc1O.COc1cc(Br)ccc1C(C)=O. The molecule has 122 valence electrons. The molecule has 23 heavy (non-hydrogen) atoms. The zero-order valence-electron chi connectivity index (χ0n) is 12.9. The maximum absolute atomic E-state index is 11.0. The summed E-state index contributed by atoms with van der Waals surface area (Å²) in [5.41, 5.74) is 0.967. The summed E-state index contributed by atoms with van der Waals surface area (Å²) in [5, 5.41) is 9.21. The minimum atomic E-state index is -0.130. The van der Waals surface area contributed by atoms with Gasteiger partial charge < -0.3 is 9.84 Å². The van der Waals surface area contributed by atoms with Crippen LogP contribution in [0.5, 0.6) is 11.5 Å². The average molecular weight is 444 g/mol. The lowest BCUT2D eigenvalue weighted by atomic mass is 10.1. The highest BCUT2D eigenvalue weighted by molar-refractivity contribution is 9.10. The Hall–Kier alpha value is -1.66. The molecule has 0 aromatic heterocycles. The Morgan fingerprint density at radius 2 is 1.39 bits per heavy atom. The maximum atomic E-state index is 11.0. The molecular formula is C17H16Br2O4. The highest BCUT2D eigenvalue weighted by Crippen LogP contribution is 2.23. The molecule has 0 aliphatic rings. The summed E-state index contributed by atoms with van der Waals surface area (Å²) in [7, 11) is 1.55. The summed E-state index contributed by atoms with van der Waals surface area (Å²) in [6.45, 7) is 2.94. The summed E-state index contributed by atoms with van der Waals surface area (Å²) in [6.07, 6.45) is 0. The number of Topliss-reactive ketones (excluding diaryl/α,β-unsaturated/α-hetero) is 2. The van der Waals surface area contributed by atoms with E-state index in [4.69, 9.17) is 4.74 Å². The molecule has 0 bridgehead atoms. The zero-order valence-corrected chi connectivity index (χ0v) is 16.1. The molecule has 2 rings (SSSR count). The number of phenolic OH excluding ortho intramolecular Hbond substituents is 1. The van der Waals surface area contributed by atoms with Gasteiger partial charge in [0.05, 0.1) is 18.2 Å². The molecule has 0 aliphatic heterocycles. The third kappa shape index (κ3) is 5.80. The minimum Gasteiger partial charge on any atom is -0.507 e. The molecule has 0 radical (unpaired) electrons. The fourth-order valence-electron chi connectivity index (χ4n) is 1.76. The van der Waals surface area contributed by atoms with Crippen LogP contribution in [-0.4, -0.2) is 23.8 Å². The van der Waals surface area contributed by atoms with Crippen molar-refractivity contribution in [2.75, 3.05) is 7.11 Å². The summed E-state index contributed by atoms with van der Waals surface area (Å²) in [5.74, 6) is 0.512. The molecule has 0 aliphatic carbocycles. The molecule has 2 aromatic rings. The van der Waals surface area contributed by atoms with Crippen LogP contribution in [0.25, 0.3) is 0 Å². The number of carbonyl (C=O) groups is 2. The minimum absolute atomic E-state index is 0.0133. The first-order valence-electron chi connectivity index (χ1n) is 6.60. The van der Waals surface area contributed by atoms with Crippen molar-refractivity contribution in [2.45, 2.75) is 13.8 Å². The van der Waals surface area contributed by atoms with Gasteiger partial charge in [-0.2, -0.15) is 0 Å². The highest BCUT2D eigenvalue weighted by Gasteiger charge is 2.07. The number of benzene rings is 2. The number of phenols is 1. The lowest BCUT2D eigenvalue weighted by molar-refractivity contribution is 0.100. The number of aromatic hydroxyl groups is 1. The van der Waals surface area contributed by atoms with Crippen LogP contribution >= 0.6 is 31.9 Å². The molecule has 0 unspecified atom stereocenters. The van der Waals surface area contributed by atoms with Crippen molar-refractivity contribution in [3.8, 4) is 11.5 Å². The second-order valence-corrected chi connectivity index (χ2v) is 6.45. The van der Waals surface area contributed by atoms with Crippen LogP contribution in [-0.2, 0) is 0 Å². The number of rotatable bonds is 3. The molecule has 1 N–H and O–H groups in total. The van der Waals surface area contributed by atoms with E-state index in [0.717, 1.165) is 8.95 Å². The second kappa shape index (κ2) is 8.84. The number of halogens is 2. The Bertz CT molecular complexity index is 727. The Kier molecular flexibility index (Phi) is 7.45. The molecule has 6 heteroatoms. The molecule has 0 spiro atoms. The smallest absolute Gasteiger partial charge is 0.163 e. The number of hydrogen-bond donors (Lipinski definition) is 1. The average Bonchev–Trinajstić information content (AvgIpc) is 2.46. The van der Waals surface area contributed by atoms with Gasteiger partial charge in [0, 0.05) is 8.95 Å². The van der Waals surface area contributed by atoms with Crippen molar-refractivity contribution in [1.29, 1.82) is 0 Å². The fraction of sp³-hybridized carbons (Fsp3) is 0.176. The van der Waals surface area contributed by atoms with Gasteiger partial charge in [-0.1, -0.05) is 31.9 Å². The largest absolute Gasteiger partial charge is 0.507 e. The number of ketones is 2. The van der Waals surface area contributed by atoms with Crippen molar-refractivity contribution < 1.29 is 19.4 Å². The Morgan fingerprint density at radius 1 is 0.913 bits per heavy atom. The molecule has 0 saturated heterocycles. The molecule has 4 nitrogen and oxygen atoms in total. The van der Waals surface area contributed by atoms with Crippen LogP contribution in [0, 0.1) is 0 Å². The zero-order chi connectivity index (χ0) is 17.6. The summed E-state index contributed by atoms with van der Waals surface area (Å²) in [6, 6.07) is 10.1. The fourth-order valence-corrected chi connectivity index (χ4v) is 2.45. The van der Waals surface area contributed by atoms with Crippen molar-refractivity contribution in [2.24, 2.45) is 0 Å². The first-order valence-corrected chi connectivity index (χ1v) is 8.18. The summed E-state index contributed by atoms with van der Waals surface area (Å²) in [4.78, 5) is 21.8. The van der Waals surface area contributed by atoms with Crippen molar-refractivity contribution in [1.82, 2.24) is 0 Å². The van der Waals surface area contributed by atoms with E-state index >= 15 is 0 Å². The Labute approximate surface area is 151 Å². The van der Waals surface area contributed by atoms with E-state index in [1.54, 1.807) is 31.4 Å². The van der Waals surface area contributed by atoms with Gasteiger partial charge in [-0.15, -0.1) is 0 Å². The monoisotopic (exact) mass is 442 g/mol. The normalized spacial score (nSPS) is 9.61. The highest BCUT2D eigenvalue weighted by atomic mass is 79.9. The van der Waals surface area contributed by atoms with Gasteiger partial charge in [-0.3, -0.25) is 9.59 Å². The molecule has 0 saturated carbocycles. The van der Waals surface area contributed by atoms with Crippen LogP contribution < -0.4 is 4.74 Å². The van der Waals surface area contributed by atoms with Gasteiger partial charge in [0.25, 0.3) is 0 Å². The molecule has 0 amide bonds. The van der Waals surface area contributed by atoms with Crippen LogP contribution in [0.4, 0.5) is 0 Å². The van der Waals surface area contributed by atoms with Crippen LogP contribution in [0.1, 0.15) is 34.6 Å². The predicted octanol–water partition coefficient (Wildman–Crippen LogP) is 5.02. The van der Waals surface area contributed by atoms with Crippen molar-refractivity contribution >= 4 is 43.4 Å². The van der Waals surface area contributed by atoms with E-state index in [1.165, 1.54) is 19.9 Å². The lowest BCUT2D eigenvalue weighted by Gasteiger charge is -2.04. The van der Waals surface area contributed by atoms with Crippen molar-refractivity contribution in [3.63, 3.8) is 0 Å². The number of methoxy groups -OCH3 is 1. The standard InChI is InChI=1S/C9H9BrO2.C8H7BrO2/c1-6(11)8-4-3-7(10)5-9(8)12-2;1-5(10)7-3-2-6(9)4-8(7)11/h3-5H,1-2H3;2-4,11H,1H3. The third-order valence-electron chi connectivity index (χ3n) is 2.88. The first kappa shape index (κ1) is 19.4. The first-order chi connectivity index (χ1) is 10.8. The van der Waals surface area contributed by atoms with E-state index < -0.39 is 0 Å². The molecule has 2 aromatic carbocycles. The predicted molar refractivity (Wildman–Crippen MR) is 96.5 cm³/mol. The molecule has 0 heterocycles. The van der Waals surface area contributed by atoms with Gasteiger partial charge in [0.15, 0.2) is 11.6 Å². The van der Waals surface area contributed by atoms with Crippen LogP contribution in [0.3, 0.4) is 0 Å². The summed E-state index contributed by atoms with van der Waals surface area (Å²) >= 11 is 6.47. The Balaban J connectivity index is 0.000000231. The van der Waals surface area contributed by atoms with E-state index in [1.807, 2.05) is 6.07 Å². The molecular weight excluding hydrogens is 428 g/mol. The number of hydrogen-bond acceptors (Lipinski definition) is 4. The topological polar surface area (TPSA) is 63.6 Å². The van der Waals surface area contributed by atoms with Crippen LogP contribution in [0.2, 0.25) is 0 Å². The van der Waals surface area contributed by atoms with Gasteiger partial charge in [-0.25, -0.2) is 0 Å². The van der Waals surface area contributed by atoms with Gasteiger partial charge in [-0.05, 0) is 50.2 Å².